The smallest absolute Gasteiger partial charge is 0.317 e. The van der Waals surface area contributed by atoms with Gasteiger partial charge in [-0.2, -0.15) is 0 Å². The maximum absolute atomic E-state index is 11.6. The Labute approximate surface area is 92.2 Å². The Bertz CT molecular complexity index is 236. The van der Waals surface area contributed by atoms with Crippen LogP contribution in [0.4, 0.5) is 4.79 Å². The van der Waals surface area contributed by atoms with E-state index in [-0.39, 0.29) is 6.03 Å². The highest BCUT2D eigenvalue weighted by Gasteiger charge is 2.19. The van der Waals surface area contributed by atoms with E-state index < -0.39 is 0 Å². The van der Waals surface area contributed by atoms with E-state index in [1.54, 1.807) is 0 Å². The van der Waals surface area contributed by atoms with Gasteiger partial charge in [0, 0.05) is 26.1 Å². The zero-order valence-electron chi connectivity index (χ0n) is 9.46. The van der Waals surface area contributed by atoms with Crippen molar-refractivity contribution in [2.45, 2.75) is 32.6 Å². The molecule has 0 aliphatic carbocycles. The van der Waals surface area contributed by atoms with Crippen LogP contribution < -0.4 is 5.32 Å². The number of carbonyl (C=O) groups excluding carboxylic acids is 1. The van der Waals surface area contributed by atoms with E-state index in [1.165, 1.54) is 0 Å². The normalized spacial score (nSPS) is 17.2. The molecule has 3 nitrogen and oxygen atoms in total. The first-order chi connectivity index (χ1) is 7.24. The number of unbranched alkanes of at least 4 members (excludes halogenated alkanes) is 1. The minimum absolute atomic E-state index is 0.0684. The monoisotopic (exact) mass is 208 g/mol. The molecule has 0 aromatic rings. The third kappa shape index (κ3) is 4.24. The van der Waals surface area contributed by atoms with Crippen LogP contribution in [0.25, 0.3) is 0 Å². The lowest BCUT2D eigenvalue weighted by Gasteiger charge is -2.30. The molecule has 1 saturated heterocycles. The predicted octanol–water partition coefficient (Wildman–Crippen LogP) is 1.84. The van der Waals surface area contributed by atoms with Crippen molar-refractivity contribution in [3.05, 3.63) is 0 Å². The Kier molecular flexibility index (Phi) is 5.03. The summed E-state index contributed by atoms with van der Waals surface area (Å²) in [5.41, 5.74) is 0. The summed E-state index contributed by atoms with van der Waals surface area (Å²) in [6.45, 7) is 4.71. The molecule has 1 rings (SSSR count). The number of rotatable bonds is 3. The Morgan fingerprint density at radius 1 is 1.53 bits per heavy atom. The lowest BCUT2D eigenvalue weighted by Crippen LogP contribution is -2.44. The van der Waals surface area contributed by atoms with Crippen LogP contribution in [-0.4, -0.2) is 30.6 Å². The SMILES string of the molecule is C#CCCCNC(=O)N1CCC(C)CC1. The third-order valence-electron chi connectivity index (χ3n) is 2.84. The van der Waals surface area contributed by atoms with Crippen LogP contribution in [0.1, 0.15) is 32.6 Å². The highest BCUT2D eigenvalue weighted by Crippen LogP contribution is 2.15. The topological polar surface area (TPSA) is 32.3 Å². The van der Waals surface area contributed by atoms with Crippen molar-refractivity contribution in [1.29, 1.82) is 0 Å². The zero-order valence-corrected chi connectivity index (χ0v) is 9.46. The van der Waals surface area contributed by atoms with Gasteiger partial charge in [0.15, 0.2) is 0 Å². The highest BCUT2D eigenvalue weighted by molar-refractivity contribution is 5.74. The third-order valence-corrected chi connectivity index (χ3v) is 2.84. The highest BCUT2D eigenvalue weighted by atomic mass is 16.2. The second-order valence-corrected chi connectivity index (χ2v) is 4.21. The molecule has 1 N–H and O–H groups in total. The number of nitrogens with zero attached hydrogens (tertiary/aromatic N) is 1. The van der Waals surface area contributed by atoms with Crippen molar-refractivity contribution in [1.82, 2.24) is 10.2 Å². The number of piperidine rings is 1. The lowest BCUT2D eigenvalue weighted by molar-refractivity contribution is 0.174. The maximum Gasteiger partial charge on any atom is 0.317 e. The van der Waals surface area contributed by atoms with Gasteiger partial charge < -0.3 is 10.2 Å². The summed E-state index contributed by atoms with van der Waals surface area (Å²) in [7, 11) is 0. The first-order valence-corrected chi connectivity index (χ1v) is 5.70. The van der Waals surface area contributed by atoms with Crippen molar-refractivity contribution in [3.63, 3.8) is 0 Å². The summed E-state index contributed by atoms with van der Waals surface area (Å²) in [6.07, 6.45) is 8.98. The van der Waals surface area contributed by atoms with Gasteiger partial charge in [-0.1, -0.05) is 6.92 Å². The molecule has 15 heavy (non-hydrogen) atoms. The molecule has 0 aromatic carbocycles. The molecule has 2 amide bonds. The Morgan fingerprint density at radius 2 is 2.20 bits per heavy atom. The summed E-state index contributed by atoms with van der Waals surface area (Å²) in [5.74, 6) is 3.32. The molecule has 84 valence electrons. The van der Waals surface area contributed by atoms with E-state index in [4.69, 9.17) is 6.42 Å². The number of likely N-dealkylation sites (tertiary alicyclic amines) is 1. The molecular formula is C12H20N2O. The number of hydrogen-bond acceptors (Lipinski definition) is 1. The van der Waals surface area contributed by atoms with Crippen molar-refractivity contribution in [2.75, 3.05) is 19.6 Å². The fourth-order valence-electron chi connectivity index (χ4n) is 1.71. The van der Waals surface area contributed by atoms with E-state index in [0.717, 1.165) is 44.7 Å². The molecule has 1 heterocycles. The van der Waals surface area contributed by atoms with Gasteiger partial charge in [-0.15, -0.1) is 12.3 Å². The summed E-state index contributed by atoms with van der Waals surface area (Å²) in [5, 5.41) is 2.89. The quantitative estimate of drug-likeness (QED) is 0.557. The molecule has 3 heteroatoms. The van der Waals surface area contributed by atoms with Crippen LogP contribution in [0.3, 0.4) is 0 Å². The molecule has 0 saturated carbocycles. The first-order valence-electron chi connectivity index (χ1n) is 5.70. The summed E-state index contributed by atoms with van der Waals surface area (Å²) in [6, 6.07) is 0.0684. The molecule has 1 fully saturated rings. The van der Waals surface area contributed by atoms with Gasteiger partial charge in [-0.3, -0.25) is 0 Å². The Hall–Kier alpha value is -1.17. The zero-order chi connectivity index (χ0) is 11.1. The van der Waals surface area contributed by atoms with Gasteiger partial charge in [-0.25, -0.2) is 4.79 Å². The van der Waals surface area contributed by atoms with Crippen molar-refractivity contribution >= 4 is 6.03 Å². The van der Waals surface area contributed by atoms with E-state index in [9.17, 15) is 4.79 Å². The van der Waals surface area contributed by atoms with Gasteiger partial charge >= 0.3 is 6.03 Å². The molecule has 1 aliphatic heterocycles. The standard InChI is InChI=1S/C12H20N2O/c1-3-4-5-8-13-12(15)14-9-6-11(2)7-10-14/h1,11H,4-10H2,2H3,(H,13,15). The lowest BCUT2D eigenvalue weighted by atomic mass is 10.00. The molecule has 1 aliphatic rings. The Morgan fingerprint density at radius 3 is 2.80 bits per heavy atom. The fraction of sp³-hybridized carbons (Fsp3) is 0.750. The molecule has 0 atom stereocenters. The van der Waals surface area contributed by atoms with Crippen LogP contribution in [0.5, 0.6) is 0 Å². The molecule has 0 bridgehead atoms. The van der Waals surface area contributed by atoms with Gasteiger partial charge in [0.25, 0.3) is 0 Å². The second-order valence-electron chi connectivity index (χ2n) is 4.21. The largest absolute Gasteiger partial charge is 0.338 e. The first kappa shape index (κ1) is 11.9. The van der Waals surface area contributed by atoms with Crippen LogP contribution in [-0.2, 0) is 0 Å². The van der Waals surface area contributed by atoms with E-state index in [1.807, 2.05) is 4.90 Å². The number of terminal acetylenes is 1. The number of hydrogen-bond donors (Lipinski definition) is 1. The molecular weight excluding hydrogens is 188 g/mol. The minimum Gasteiger partial charge on any atom is -0.338 e. The average molecular weight is 208 g/mol. The Balaban J connectivity index is 2.14. The van der Waals surface area contributed by atoms with Crippen molar-refractivity contribution in [3.8, 4) is 12.3 Å². The van der Waals surface area contributed by atoms with Gasteiger partial charge in [0.05, 0.1) is 0 Å². The van der Waals surface area contributed by atoms with E-state index in [2.05, 4.69) is 18.2 Å². The number of amides is 2. The van der Waals surface area contributed by atoms with Crippen LogP contribution >= 0.6 is 0 Å². The maximum atomic E-state index is 11.6. The molecule has 0 spiro atoms. The van der Waals surface area contributed by atoms with Crippen molar-refractivity contribution < 1.29 is 4.79 Å². The molecule has 0 unspecified atom stereocenters. The fourth-order valence-corrected chi connectivity index (χ4v) is 1.71. The summed E-state index contributed by atoms with van der Waals surface area (Å²) in [4.78, 5) is 13.5. The summed E-state index contributed by atoms with van der Waals surface area (Å²) < 4.78 is 0. The number of urea groups is 1. The van der Waals surface area contributed by atoms with Gasteiger partial charge in [-0.05, 0) is 25.2 Å². The minimum atomic E-state index is 0.0684. The predicted molar refractivity (Wildman–Crippen MR) is 61.4 cm³/mol. The molecule has 0 radical (unpaired) electrons. The van der Waals surface area contributed by atoms with Crippen LogP contribution in [0.15, 0.2) is 0 Å². The number of carbonyl (C=O) groups is 1. The van der Waals surface area contributed by atoms with Crippen LogP contribution in [0.2, 0.25) is 0 Å². The van der Waals surface area contributed by atoms with E-state index in [0.29, 0.717) is 6.54 Å². The van der Waals surface area contributed by atoms with E-state index >= 15 is 0 Å². The van der Waals surface area contributed by atoms with Crippen molar-refractivity contribution in [2.24, 2.45) is 5.92 Å². The van der Waals surface area contributed by atoms with Gasteiger partial charge in [0.1, 0.15) is 0 Å². The second kappa shape index (κ2) is 6.34. The average Bonchev–Trinajstić information content (AvgIpc) is 2.25. The summed E-state index contributed by atoms with van der Waals surface area (Å²) >= 11 is 0. The van der Waals surface area contributed by atoms with Crippen LogP contribution in [0, 0.1) is 18.3 Å². The van der Waals surface area contributed by atoms with Gasteiger partial charge in [0.2, 0.25) is 0 Å². The number of nitrogens with one attached hydrogen (secondary N) is 1. The molecule has 0 aromatic heterocycles.